The van der Waals surface area contributed by atoms with E-state index >= 15 is 0 Å². The summed E-state index contributed by atoms with van der Waals surface area (Å²) in [7, 11) is 0. The molecule has 0 atom stereocenters. The Kier molecular flexibility index (Phi) is 6.06. The van der Waals surface area contributed by atoms with E-state index in [1.54, 1.807) is 12.1 Å². The number of benzene rings is 1. The van der Waals surface area contributed by atoms with Gasteiger partial charge in [0, 0.05) is 23.5 Å². The van der Waals surface area contributed by atoms with E-state index in [1.807, 2.05) is 39.0 Å². The molecule has 1 aliphatic rings. The third kappa shape index (κ3) is 5.06. The van der Waals surface area contributed by atoms with Gasteiger partial charge in [-0.05, 0) is 38.5 Å². The molecule has 0 spiro atoms. The Hall–Kier alpha value is -1.37. The van der Waals surface area contributed by atoms with Crippen molar-refractivity contribution in [2.24, 2.45) is 0 Å². The zero-order valence-electron chi connectivity index (χ0n) is 13.8. The number of thioether (sulfide) groups is 1. The lowest BCUT2D eigenvalue weighted by Crippen LogP contribution is -2.42. The van der Waals surface area contributed by atoms with Gasteiger partial charge in [0.1, 0.15) is 4.32 Å². The van der Waals surface area contributed by atoms with Crippen LogP contribution < -0.4 is 5.32 Å². The fraction of sp³-hybridized carbons (Fsp3) is 0.353. The molecule has 0 bridgehead atoms. The molecule has 1 N–H and O–H groups in total. The van der Waals surface area contributed by atoms with Gasteiger partial charge in [-0.15, -0.1) is 0 Å². The Morgan fingerprint density at radius 1 is 1.38 bits per heavy atom. The Morgan fingerprint density at radius 2 is 2.04 bits per heavy atom. The van der Waals surface area contributed by atoms with E-state index in [-0.39, 0.29) is 30.3 Å². The van der Waals surface area contributed by atoms with Gasteiger partial charge in [-0.3, -0.25) is 14.5 Å². The van der Waals surface area contributed by atoms with Crippen molar-refractivity contribution in [3.63, 3.8) is 0 Å². The summed E-state index contributed by atoms with van der Waals surface area (Å²) in [4.78, 5) is 26.4. The van der Waals surface area contributed by atoms with Crippen molar-refractivity contribution in [2.45, 2.75) is 32.7 Å². The molecule has 4 nitrogen and oxygen atoms in total. The lowest BCUT2D eigenvalue weighted by Gasteiger charge is -2.21. The highest BCUT2D eigenvalue weighted by molar-refractivity contribution is 8.26. The Bertz CT molecular complexity index is 711. The van der Waals surface area contributed by atoms with Gasteiger partial charge >= 0.3 is 0 Å². The van der Waals surface area contributed by atoms with Crippen LogP contribution in [0, 0.1) is 0 Å². The fourth-order valence-corrected chi connectivity index (χ4v) is 3.61. The summed E-state index contributed by atoms with van der Waals surface area (Å²) in [5.41, 5.74) is 0.473. The largest absolute Gasteiger partial charge is 0.351 e. The first kappa shape index (κ1) is 19.0. The second-order valence-electron chi connectivity index (χ2n) is 6.40. The summed E-state index contributed by atoms with van der Waals surface area (Å²) in [6.45, 7) is 6.01. The molecule has 1 aliphatic heterocycles. The van der Waals surface area contributed by atoms with Gasteiger partial charge in [0.25, 0.3) is 5.91 Å². The molecule has 2 amide bonds. The topological polar surface area (TPSA) is 49.4 Å². The maximum Gasteiger partial charge on any atom is 0.266 e. The van der Waals surface area contributed by atoms with Crippen LogP contribution in [0.25, 0.3) is 6.08 Å². The van der Waals surface area contributed by atoms with Gasteiger partial charge in [-0.25, -0.2) is 0 Å². The third-order valence-electron chi connectivity index (χ3n) is 3.14. The molecule has 1 saturated heterocycles. The third-order valence-corrected chi connectivity index (χ3v) is 4.86. The summed E-state index contributed by atoms with van der Waals surface area (Å²) >= 11 is 12.6. The second kappa shape index (κ2) is 7.68. The molecule has 0 unspecified atom stereocenters. The average Bonchev–Trinajstić information content (AvgIpc) is 2.72. The molecule has 0 saturated carbocycles. The number of rotatable bonds is 4. The quantitative estimate of drug-likeness (QED) is 0.634. The molecule has 1 fully saturated rings. The number of carbonyl (C=O) groups excluding carboxylic acids is 2. The molecule has 24 heavy (non-hydrogen) atoms. The highest BCUT2D eigenvalue weighted by atomic mass is 35.5. The number of thiocarbonyl (C=S) groups is 1. The molecule has 0 radical (unpaired) electrons. The van der Waals surface area contributed by atoms with Crippen LogP contribution in [0.15, 0.2) is 29.2 Å². The molecule has 128 valence electrons. The maximum absolute atomic E-state index is 12.5. The van der Waals surface area contributed by atoms with E-state index in [0.717, 1.165) is 5.56 Å². The van der Waals surface area contributed by atoms with E-state index in [1.165, 1.54) is 16.7 Å². The Morgan fingerprint density at radius 3 is 2.67 bits per heavy atom. The van der Waals surface area contributed by atoms with Gasteiger partial charge in [0.2, 0.25) is 5.91 Å². The van der Waals surface area contributed by atoms with Crippen LogP contribution in [0.2, 0.25) is 5.02 Å². The number of halogens is 1. The van der Waals surface area contributed by atoms with Crippen molar-refractivity contribution in [2.75, 3.05) is 6.54 Å². The summed E-state index contributed by atoms with van der Waals surface area (Å²) in [6.07, 6.45) is 1.94. The number of hydrogen-bond acceptors (Lipinski definition) is 4. The second-order valence-corrected chi connectivity index (χ2v) is 8.49. The molecule has 1 aromatic carbocycles. The van der Waals surface area contributed by atoms with E-state index in [9.17, 15) is 9.59 Å². The van der Waals surface area contributed by atoms with Crippen LogP contribution in [-0.2, 0) is 9.59 Å². The molecule has 0 aliphatic carbocycles. The molecular weight excluding hydrogens is 364 g/mol. The predicted molar refractivity (Wildman–Crippen MR) is 104 cm³/mol. The van der Waals surface area contributed by atoms with Crippen molar-refractivity contribution in [1.29, 1.82) is 0 Å². The van der Waals surface area contributed by atoms with Crippen LogP contribution >= 0.6 is 35.6 Å². The summed E-state index contributed by atoms with van der Waals surface area (Å²) in [5.74, 6) is -0.292. The average molecular weight is 383 g/mol. The highest BCUT2D eigenvalue weighted by Crippen LogP contribution is 2.33. The summed E-state index contributed by atoms with van der Waals surface area (Å²) in [6, 6.07) is 7.30. The fourth-order valence-electron chi connectivity index (χ4n) is 2.12. The van der Waals surface area contributed by atoms with Gasteiger partial charge in [0.15, 0.2) is 0 Å². The Balaban J connectivity index is 2.04. The van der Waals surface area contributed by atoms with E-state index < -0.39 is 0 Å². The first-order valence-corrected chi connectivity index (χ1v) is 9.08. The highest BCUT2D eigenvalue weighted by Gasteiger charge is 2.32. The number of amides is 2. The molecule has 0 aromatic heterocycles. The molecule has 1 aromatic rings. The van der Waals surface area contributed by atoms with E-state index in [2.05, 4.69) is 5.32 Å². The zero-order valence-corrected chi connectivity index (χ0v) is 16.1. The number of nitrogens with zero attached hydrogens (tertiary/aromatic N) is 1. The van der Waals surface area contributed by atoms with Crippen LogP contribution in [0.5, 0.6) is 0 Å². The van der Waals surface area contributed by atoms with Crippen LogP contribution in [0.3, 0.4) is 0 Å². The monoisotopic (exact) mass is 382 g/mol. The first-order chi connectivity index (χ1) is 11.2. The zero-order chi connectivity index (χ0) is 17.9. The summed E-state index contributed by atoms with van der Waals surface area (Å²) in [5, 5.41) is 3.45. The van der Waals surface area contributed by atoms with Crippen molar-refractivity contribution in [1.82, 2.24) is 10.2 Å². The SMILES string of the molecule is CC(C)(C)NC(=O)CCN1C(=O)/C(=C\c2ccccc2Cl)SC1=S. The predicted octanol–water partition coefficient (Wildman–Crippen LogP) is 3.85. The molecular formula is C17H19ClN2O2S2. The van der Waals surface area contributed by atoms with E-state index in [0.29, 0.717) is 14.2 Å². The number of nitrogens with one attached hydrogen (secondary N) is 1. The first-order valence-electron chi connectivity index (χ1n) is 7.48. The van der Waals surface area contributed by atoms with E-state index in [4.69, 9.17) is 23.8 Å². The normalized spacial score (nSPS) is 16.8. The van der Waals surface area contributed by atoms with Gasteiger partial charge in [-0.1, -0.05) is 53.8 Å². The standard InChI is InChI=1S/C17H19ClN2O2S2/c1-17(2,3)19-14(21)8-9-20-15(22)13(24-16(20)23)10-11-6-4-5-7-12(11)18/h4-7,10H,8-9H2,1-3H3,(H,19,21)/b13-10+. The molecule has 2 rings (SSSR count). The molecule has 1 heterocycles. The minimum atomic E-state index is -0.295. The van der Waals surface area contributed by atoms with Crippen LogP contribution in [0.4, 0.5) is 0 Å². The van der Waals surface area contributed by atoms with Gasteiger partial charge < -0.3 is 5.32 Å². The number of hydrogen-bond donors (Lipinski definition) is 1. The Labute approximate surface area is 156 Å². The lowest BCUT2D eigenvalue weighted by molar-refractivity contribution is -0.124. The van der Waals surface area contributed by atoms with Crippen LogP contribution in [0.1, 0.15) is 32.8 Å². The summed E-state index contributed by atoms with van der Waals surface area (Å²) < 4.78 is 0.460. The van der Waals surface area contributed by atoms with Gasteiger partial charge in [0.05, 0.1) is 4.91 Å². The lowest BCUT2D eigenvalue weighted by atomic mass is 10.1. The minimum Gasteiger partial charge on any atom is -0.351 e. The maximum atomic E-state index is 12.5. The van der Waals surface area contributed by atoms with Gasteiger partial charge in [-0.2, -0.15) is 0 Å². The molecule has 7 heteroatoms. The van der Waals surface area contributed by atoms with Crippen LogP contribution in [-0.4, -0.2) is 33.1 Å². The van der Waals surface area contributed by atoms with Crippen molar-refractivity contribution >= 4 is 57.8 Å². The smallest absolute Gasteiger partial charge is 0.266 e. The minimum absolute atomic E-state index is 0.105. The van der Waals surface area contributed by atoms with Crippen molar-refractivity contribution < 1.29 is 9.59 Å². The van der Waals surface area contributed by atoms with Crippen molar-refractivity contribution in [3.05, 3.63) is 39.8 Å². The number of carbonyl (C=O) groups is 2. The van der Waals surface area contributed by atoms with Crippen molar-refractivity contribution in [3.8, 4) is 0 Å².